The molecule has 4 aromatic heterocycles. The number of amides is 1. The third-order valence-corrected chi connectivity index (χ3v) is 8.82. The first kappa shape index (κ1) is 27.4. The highest BCUT2D eigenvalue weighted by molar-refractivity contribution is 6.30. The number of carbonyl (C=O) groups is 1. The van der Waals surface area contributed by atoms with E-state index in [0.29, 0.717) is 36.6 Å². The molecule has 1 aliphatic rings. The van der Waals surface area contributed by atoms with Gasteiger partial charge in [0, 0.05) is 58.5 Å². The van der Waals surface area contributed by atoms with E-state index in [9.17, 15) is 4.79 Å². The first-order chi connectivity index (χ1) is 20.8. The summed E-state index contributed by atoms with van der Waals surface area (Å²) in [6.07, 6.45) is 2.40. The fraction of sp³-hybridized carbons (Fsp3) is 0.265. The number of hydrogen-bond acceptors (Lipinski definition) is 4. The topological polar surface area (TPSA) is 97.8 Å². The molecule has 43 heavy (non-hydrogen) atoms. The van der Waals surface area contributed by atoms with Gasteiger partial charge in [-0.15, -0.1) is 0 Å². The second kappa shape index (κ2) is 10.7. The molecule has 8 nitrogen and oxygen atoms in total. The summed E-state index contributed by atoms with van der Waals surface area (Å²) in [6, 6.07) is 22.6. The quantitative estimate of drug-likeness (QED) is 0.227. The highest BCUT2D eigenvalue weighted by Gasteiger charge is 2.40. The van der Waals surface area contributed by atoms with Crippen LogP contribution in [0.15, 0.2) is 72.9 Å². The van der Waals surface area contributed by atoms with Gasteiger partial charge in [0.25, 0.3) is 5.91 Å². The molecular formula is C34H34ClN7O. The molecule has 0 bridgehead atoms. The number of nitrogens with one attached hydrogen (secondary N) is 1. The number of aryl methyl sites for hydroxylation is 3. The molecule has 0 saturated carbocycles. The predicted octanol–water partition coefficient (Wildman–Crippen LogP) is 6.63. The van der Waals surface area contributed by atoms with E-state index >= 15 is 0 Å². The Bertz CT molecular complexity index is 1980. The maximum atomic E-state index is 14.4. The van der Waals surface area contributed by atoms with Crippen LogP contribution in [0.25, 0.3) is 21.9 Å². The zero-order valence-corrected chi connectivity index (χ0v) is 25.3. The van der Waals surface area contributed by atoms with Crippen molar-refractivity contribution in [3.05, 3.63) is 117 Å². The molecule has 0 spiro atoms. The summed E-state index contributed by atoms with van der Waals surface area (Å²) in [4.78, 5) is 24.2. The van der Waals surface area contributed by atoms with Crippen molar-refractivity contribution < 1.29 is 4.79 Å². The standard InChI is InChI=1S/C34H34ClN7O/c1-20-4-9-30-24(10-20)14-31(40(30)18-23-5-7-27(35)8-6-23)32-15-29(42-28(16-36)12-22(3)39-42)19-41(32)34(43)26-13-25-11-21(2)38-33(25)37-17-26/h4-14,17,29,32H,15-16,18-19,36H2,1-3H3,(H,37,38). The Labute approximate surface area is 255 Å². The highest BCUT2D eigenvalue weighted by atomic mass is 35.5. The van der Waals surface area contributed by atoms with Crippen molar-refractivity contribution in [1.82, 2.24) is 29.2 Å². The molecule has 5 heterocycles. The molecule has 7 rings (SSSR count). The second-order valence-corrected chi connectivity index (χ2v) is 12.2. The zero-order chi connectivity index (χ0) is 29.8. The van der Waals surface area contributed by atoms with Crippen molar-refractivity contribution in [2.24, 2.45) is 5.73 Å². The van der Waals surface area contributed by atoms with Gasteiger partial charge in [0.2, 0.25) is 0 Å². The average molecular weight is 592 g/mol. The van der Waals surface area contributed by atoms with Gasteiger partial charge in [-0.3, -0.25) is 9.48 Å². The molecule has 9 heteroatoms. The average Bonchev–Trinajstić information content (AvgIpc) is 3.76. The number of H-pyrrole nitrogens is 1. The summed E-state index contributed by atoms with van der Waals surface area (Å²) >= 11 is 6.22. The van der Waals surface area contributed by atoms with E-state index in [2.05, 4.69) is 57.9 Å². The van der Waals surface area contributed by atoms with Crippen LogP contribution in [0, 0.1) is 20.8 Å². The number of likely N-dealkylation sites (tertiary alicyclic amines) is 1. The zero-order valence-electron chi connectivity index (χ0n) is 24.5. The number of rotatable bonds is 6. The van der Waals surface area contributed by atoms with Gasteiger partial charge in [-0.25, -0.2) is 4.98 Å². The highest BCUT2D eigenvalue weighted by Crippen LogP contribution is 2.42. The van der Waals surface area contributed by atoms with E-state index in [1.54, 1.807) is 6.20 Å². The number of nitrogens with two attached hydrogens (primary N) is 1. The predicted molar refractivity (Wildman–Crippen MR) is 170 cm³/mol. The largest absolute Gasteiger partial charge is 0.344 e. The number of halogens is 1. The maximum absolute atomic E-state index is 14.4. The van der Waals surface area contributed by atoms with Crippen LogP contribution in [-0.4, -0.2) is 41.7 Å². The Hall–Kier alpha value is -4.40. The summed E-state index contributed by atoms with van der Waals surface area (Å²) in [5.74, 6) is -0.0431. The Balaban J connectivity index is 1.36. The number of aromatic nitrogens is 5. The van der Waals surface area contributed by atoms with Crippen molar-refractivity contribution in [3.63, 3.8) is 0 Å². The molecule has 1 fully saturated rings. The molecule has 218 valence electrons. The lowest BCUT2D eigenvalue weighted by Crippen LogP contribution is -2.32. The molecule has 0 aliphatic carbocycles. The van der Waals surface area contributed by atoms with Gasteiger partial charge in [0.1, 0.15) is 5.65 Å². The van der Waals surface area contributed by atoms with E-state index in [1.807, 2.05) is 53.8 Å². The smallest absolute Gasteiger partial charge is 0.256 e. The van der Waals surface area contributed by atoms with Crippen LogP contribution in [-0.2, 0) is 13.1 Å². The molecule has 1 saturated heterocycles. The minimum absolute atomic E-state index is 0.0175. The van der Waals surface area contributed by atoms with E-state index in [-0.39, 0.29) is 18.0 Å². The third-order valence-electron chi connectivity index (χ3n) is 8.57. The molecule has 1 aliphatic heterocycles. The van der Waals surface area contributed by atoms with Crippen molar-refractivity contribution >= 4 is 39.4 Å². The summed E-state index contributed by atoms with van der Waals surface area (Å²) in [7, 11) is 0. The Morgan fingerprint density at radius 2 is 1.84 bits per heavy atom. The Morgan fingerprint density at radius 3 is 2.63 bits per heavy atom. The number of carbonyl (C=O) groups excluding carboxylic acids is 1. The first-order valence-corrected chi connectivity index (χ1v) is 15.0. The number of aromatic amines is 1. The summed E-state index contributed by atoms with van der Waals surface area (Å²) in [6.45, 7) is 7.65. The monoisotopic (exact) mass is 591 g/mol. The lowest BCUT2D eigenvalue weighted by Gasteiger charge is -2.26. The van der Waals surface area contributed by atoms with Gasteiger partial charge >= 0.3 is 0 Å². The number of benzene rings is 2. The van der Waals surface area contributed by atoms with Crippen LogP contribution in [0.4, 0.5) is 0 Å². The number of nitrogens with zero attached hydrogens (tertiary/aromatic N) is 5. The van der Waals surface area contributed by atoms with Crippen LogP contribution >= 0.6 is 11.6 Å². The Kier molecular flexibility index (Phi) is 6.83. The molecule has 2 aromatic carbocycles. The van der Waals surface area contributed by atoms with Gasteiger partial charge in [0.05, 0.1) is 29.0 Å². The lowest BCUT2D eigenvalue weighted by atomic mass is 10.1. The van der Waals surface area contributed by atoms with E-state index < -0.39 is 0 Å². The number of pyridine rings is 1. The van der Waals surface area contributed by atoms with Gasteiger partial charge < -0.3 is 20.2 Å². The molecule has 2 atom stereocenters. The van der Waals surface area contributed by atoms with Crippen molar-refractivity contribution in [2.45, 2.75) is 52.4 Å². The van der Waals surface area contributed by atoms with Crippen molar-refractivity contribution in [1.29, 1.82) is 0 Å². The summed E-state index contributed by atoms with van der Waals surface area (Å²) in [5.41, 5.74) is 15.0. The fourth-order valence-electron chi connectivity index (χ4n) is 6.61. The molecular weight excluding hydrogens is 558 g/mol. The van der Waals surface area contributed by atoms with Gasteiger partial charge in [-0.2, -0.15) is 5.10 Å². The second-order valence-electron chi connectivity index (χ2n) is 11.7. The molecule has 1 amide bonds. The van der Waals surface area contributed by atoms with Crippen LogP contribution < -0.4 is 5.73 Å². The molecule has 0 radical (unpaired) electrons. The lowest BCUT2D eigenvalue weighted by molar-refractivity contribution is 0.0726. The van der Waals surface area contributed by atoms with E-state index in [0.717, 1.165) is 50.3 Å². The summed E-state index contributed by atoms with van der Waals surface area (Å²) < 4.78 is 4.38. The minimum atomic E-state index is -0.184. The van der Waals surface area contributed by atoms with Gasteiger partial charge in [0.15, 0.2) is 0 Å². The van der Waals surface area contributed by atoms with Crippen LogP contribution in [0.3, 0.4) is 0 Å². The van der Waals surface area contributed by atoms with Crippen LogP contribution in [0.1, 0.15) is 62.8 Å². The number of fused-ring (bicyclic) bond motifs is 2. The normalized spacial score (nSPS) is 17.0. The SMILES string of the molecule is Cc1ccc2c(c1)cc(C1CC(n3nc(C)cc3CN)CN1C(=O)c1cnc3[nH]c(C)cc3c1)n2Cc1ccc(Cl)cc1. The molecule has 3 N–H and O–H groups in total. The van der Waals surface area contributed by atoms with Crippen molar-refractivity contribution in [2.75, 3.05) is 6.54 Å². The Morgan fingerprint density at radius 1 is 1.02 bits per heavy atom. The minimum Gasteiger partial charge on any atom is -0.344 e. The van der Waals surface area contributed by atoms with Gasteiger partial charge in [-0.05, 0) is 81.3 Å². The van der Waals surface area contributed by atoms with Gasteiger partial charge in [-0.1, -0.05) is 35.4 Å². The fourth-order valence-corrected chi connectivity index (χ4v) is 6.73. The van der Waals surface area contributed by atoms with E-state index in [1.165, 1.54) is 5.56 Å². The van der Waals surface area contributed by atoms with Crippen molar-refractivity contribution in [3.8, 4) is 0 Å². The summed E-state index contributed by atoms with van der Waals surface area (Å²) in [5, 5.41) is 7.61. The number of hydrogen-bond donors (Lipinski definition) is 2. The van der Waals surface area contributed by atoms with Crippen LogP contribution in [0.5, 0.6) is 0 Å². The van der Waals surface area contributed by atoms with E-state index in [4.69, 9.17) is 22.4 Å². The van der Waals surface area contributed by atoms with Crippen LogP contribution in [0.2, 0.25) is 5.02 Å². The third kappa shape index (κ3) is 5.00. The molecule has 6 aromatic rings. The first-order valence-electron chi connectivity index (χ1n) is 14.6. The molecule has 2 unspecified atom stereocenters. The maximum Gasteiger partial charge on any atom is 0.256 e.